The van der Waals surface area contributed by atoms with Crippen LogP contribution < -0.4 is 0 Å². The lowest BCUT2D eigenvalue weighted by molar-refractivity contribution is 0.541. The minimum absolute atomic E-state index is 0.190. The molecule has 84 valence electrons. The van der Waals surface area contributed by atoms with Gasteiger partial charge in [-0.05, 0) is 40.3 Å². The lowest BCUT2D eigenvalue weighted by Gasteiger charge is -2.11. The normalized spacial score (nSPS) is 12.7. The first-order valence-corrected chi connectivity index (χ1v) is 6.16. The maximum Gasteiger partial charge on any atom is 0.123 e. The molecule has 0 N–H and O–H groups in total. The fraction of sp³-hybridized carbons (Fsp3) is 0.250. The van der Waals surface area contributed by atoms with Crippen molar-refractivity contribution in [2.75, 3.05) is 0 Å². The third kappa shape index (κ3) is 2.81. The molecule has 2 aromatic rings. The molecule has 1 heterocycles. The molecule has 0 aliphatic rings. The molecule has 1 aromatic heterocycles. The predicted molar refractivity (Wildman–Crippen MR) is 69.8 cm³/mol. The summed E-state index contributed by atoms with van der Waals surface area (Å²) in [5.74, 6) is 0.140. The van der Waals surface area contributed by atoms with E-state index in [9.17, 15) is 4.39 Å². The largest absolute Gasteiger partial charge is 0.271 e. The summed E-state index contributed by atoms with van der Waals surface area (Å²) in [6, 6.07) is 6.65. The van der Waals surface area contributed by atoms with Gasteiger partial charge in [-0.1, -0.05) is 19.1 Å². The Morgan fingerprint density at radius 2 is 2.06 bits per heavy atom. The predicted octanol–water partition coefficient (Wildman–Crippen LogP) is 3.43. The minimum atomic E-state index is -0.190. The zero-order valence-corrected chi connectivity index (χ0v) is 11.1. The first-order valence-electron chi connectivity index (χ1n) is 5.08. The Morgan fingerprint density at radius 1 is 1.38 bits per heavy atom. The molecule has 0 aliphatic carbocycles. The van der Waals surface area contributed by atoms with Gasteiger partial charge >= 0.3 is 0 Å². The number of aromatic nitrogens is 2. The zero-order valence-electron chi connectivity index (χ0n) is 8.90. The molecule has 0 spiro atoms. The van der Waals surface area contributed by atoms with Crippen LogP contribution in [-0.2, 0) is 6.54 Å². The SMILES string of the molecule is CC(Cn1cc(I)cn1)c1ccc(F)cc1. The molecule has 1 unspecified atom stereocenters. The van der Waals surface area contributed by atoms with E-state index in [1.54, 1.807) is 0 Å². The van der Waals surface area contributed by atoms with Gasteiger partial charge in [0.05, 0.1) is 9.77 Å². The number of benzene rings is 1. The van der Waals surface area contributed by atoms with Gasteiger partial charge in [-0.25, -0.2) is 4.39 Å². The topological polar surface area (TPSA) is 17.8 Å². The zero-order chi connectivity index (χ0) is 11.5. The maximum atomic E-state index is 12.8. The Labute approximate surface area is 108 Å². The third-order valence-electron chi connectivity index (χ3n) is 2.50. The lowest BCUT2D eigenvalue weighted by atomic mass is 10.0. The average Bonchev–Trinajstić information content (AvgIpc) is 2.65. The fourth-order valence-electron chi connectivity index (χ4n) is 1.62. The van der Waals surface area contributed by atoms with Crippen LogP contribution in [0.4, 0.5) is 4.39 Å². The van der Waals surface area contributed by atoms with Crippen molar-refractivity contribution in [1.82, 2.24) is 9.78 Å². The summed E-state index contributed by atoms with van der Waals surface area (Å²) < 4.78 is 15.8. The standard InChI is InChI=1S/C12H12FIN2/c1-9(7-16-8-12(14)6-15-16)10-2-4-11(13)5-3-10/h2-6,8-9H,7H2,1H3. The number of nitrogens with zero attached hydrogens (tertiary/aromatic N) is 2. The van der Waals surface area contributed by atoms with Crippen LogP contribution in [0.1, 0.15) is 18.4 Å². The van der Waals surface area contributed by atoms with E-state index < -0.39 is 0 Å². The highest BCUT2D eigenvalue weighted by Gasteiger charge is 2.07. The molecular formula is C12H12FIN2. The van der Waals surface area contributed by atoms with Gasteiger partial charge in [0, 0.05) is 18.7 Å². The first kappa shape index (κ1) is 11.6. The van der Waals surface area contributed by atoms with Gasteiger partial charge in [-0.15, -0.1) is 0 Å². The summed E-state index contributed by atoms with van der Waals surface area (Å²) in [5, 5.41) is 4.23. The monoisotopic (exact) mass is 330 g/mol. The number of hydrogen-bond acceptors (Lipinski definition) is 1. The highest BCUT2D eigenvalue weighted by atomic mass is 127. The second-order valence-electron chi connectivity index (χ2n) is 3.83. The Morgan fingerprint density at radius 3 is 2.62 bits per heavy atom. The molecule has 1 atom stereocenters. The number of rotatable bonds is 3. The summed E-state index contributed by atoms with van der Waals surface area (Å²) >= 11 is 2.23. The van der Waals surface area contributed by atoms with E-state index in [0.29, 0.717) is 5.92 Å². The molecule has 0 bridgehead atoms. The van der Waals surface area contributed by atoms with E-state index >= 15 is 0 Å². The highest BCUT2D eigenvalue weighted by Crippen LogP contribution is 2.17. The molecule has 0 aliphatic heterocycles. The summed E-state index contributed by atoms with van der Waals surface area (Å²) in [5.41, 5.74) is 1.13. The van der Waals surface area contributed by atoms with Crippen molar-refractivity contribution in [3.05, 3.63) is 51.6 Å². The van der Waals surface area contributed by atoms with Crippen molar-refractivity contribution in [3.63, 3.8) is 0 Å². The summed E-state index contributed by atoms with van der Waals surface area (Å²) in [6.45, 7) is 2.93. The Balaban J connectivity index is 2.08. The molecule has 0 radical (unpaired) electrons. The van der Waals surface area contributed by atoms with Gasteiger partial charge in [-0.3, -0.25) is 4.68 Å². The van der Waals surface area contributed by atoms with Crippen molar-refractivity contribution < 1.29 is 4.39 Å². The Kier molecular flexibility index (Phi) is 3.58. The molecule has 0 saturated carbocycles. The fourth-order valence-corrected chi connectivity index (χ4v) is 2.06. The number of halogens is 2. The third-order valence-corrected chi connectivity index (χ3v) is 3.06. The van der Waals surface area contributed by atoms with Gasteiger partial charge in [0.25, 0.3) is 0 Å². The average molecular weight is 330 g/mol. The van der Waals surface area contributed by atoms with E-state index in [1.807, 2.05) is 29.2 Å². The lowest BCUT2D eigenvalue weighted by Crippen LogP contribution is -2.06. The van der Waals surface area contributed by atoms with Crippen LogP contribution in [0.25, 0.3) is 0 Å². The molecular weight excluding hydrogens is 318 g/mol. The quantitative estimate of drug-likeness (QED) is 0.789. The molecule has 0 amide bonds. The van der Waals surface area contributed by atoms with Crippen LogP contribution in [0.5, 0.6) is 0 Å². The summed E-state index contributed by atoms with van der Waals surface area (Å²) in [4.78, 5) is 0. The maximum absolute atomic E-state index is 12.8. The van der Waals surface area contributed by atoms with E-state index in [2.05, 4.69) is 34.6 Å². The van der Waals surface area contributed by atoms with Crippen molar-refractivity contribution in [2.24, 2.45) is 0 Å². The van der Waals surface area contributed by atoms with Crippen LogP contribution in [0.3, 0.4) is 0 Å². The van der Waals surface area contributed by atoms with Crippen molar-refractivity contribution in [3.8, 4) is 0 Å². The van der Waals surface area contributed by atoms with Crippen LogP contribution in [0.15, 0.2) is 36.7 Å². The summed E-state index contributed by atoms with van der Waals surface area (Å²) in [6.07, 6.45) is 3.83. The molecule has 1 aromatic carbocycles. The van der Waals surface area contributed by atoms with Crippen LogP contribution in [0, 0.1) is 9.39 Å². The van der Waals surface area contributed by atoms with Gasteiger partial charge in [0.2, 0.25) is 0 Å². The van der Waals surface area contributed by atoms with Crippen molar-refractivity contribution in [2.45, 2.75) is 19.4 Å². The Hall–Kier alpha value is -0.910. The van der Waals surface area contributed by atoms with Gasteiger partial charge < -0.3 is 0 Å². The molecule has 4 heteroatoms. The van der Waals surface area contributed by atoms with E-state index in [1.165, 1.54) is 12.1 Å². The molecule has 0 fully saturated rings. The smallest absolute Gasteiger partial charge is 0.123 e. The van der Waals surface area contributed by atoms with Crippen LogP contribution in [-0.4, -0.2) is 9.78 Å². The van der Waals surface area contributed by atoms with E-state index in [4.69, 9.17) is 0 Å². The van der Waals surface area contributed by atoms with Gasteiger partial charge in [0.15, 0.2) is 0 Å². The Bertz CT molecular complexity index is 464. The van der Waals surface area contributed by atoms with Gasteiger partial charge in [0.1, 0.15) is 5.82 Å². The number of hydrogen-bond donors (Lipinski definition) is 0. The van der Waals surface area contributed by atoms with Gasteiger partial charge in [-0.2, -0.15) is 5.10 Å². The van der Waals surface area contributed by atoms with Crippen LogP contribution >= 0.6 is 22.6 Å². The summed E-state index contributed by atoms with van der Waals surface area (Å²) in [7, 11) is 0. The van der Waals surface area contributed by atoms with Crippen molar-refractivity contribution in [1.29, 1.82) is 0 Å². The van der Waals surface area contributed by atoms with Crippen LogP contribution in [0.2, 0.25) is 0 Å². The molecule has 2 nitrogen and oxygen atoms in total. The van der Waals surface area contributed by atoms with Crippen molar-refractivity contribution >= 4 is 22.6 Å². The minimum Gasteiger partial charge on any atom is -0.271 e. The second kappa shape index (κ2) is 4.95. The molecule has 2 rings (SSSR count). The van der Waals surface area contributed by atoms with E-state index in [0.717, 1.165) is 15.7 Å². The van der Waals surface area contributed by atoms with E-state index in [-0.39, 0.29) is 5.82 Å². The highest BCUT2D eigenvalue weighted by molar-refractivity contribution is 14.1. The molecule has 16 heavy (non-hydrogen) atoms. The second-order valence-corrected chi connectivity index (χ2v) is 5.08. The molecule has 0 saturated heterocycles. The first-order chi connectivity index (χ1) is 7.65.